The van der Waals surface area contributed by atoms with E-state index in [1.807, 2.05) is 0 Å². The van der Waals surface area contributed by atoms with Crippen LogP contribution in [0.3, 0.4) is 0 Å². The van der Waals surface area contributed by atoms with Gasteiger partial charge in [0.1, 0.15) is 0 Å². The first-order valence-corrected chi connectivity index (χ1v) is 8.08. The fourth-order valence-electron chi connectivity index (χ4n) is 2.99. The Bertz CT molecular complexity index is 243. The van der Waals surface area contributed by atoms with Crippen LogP contribution < -0.4 is 5.32 Å². The van der Waals surface area contributed by atoms with Crippen LogP contribution in [0.4, 0.5) is 0 Å². The van der Waals surface area contributed by atoms with Crippen LogP contribution in [0.2, 0.25) is 0 Å². The molecule has 1 fully saturated rings. The lowest BCUT2D eigenvalue weighted by Gasteiger charge is -2.46. The van der Waals surface area contributed by atoms with Crippen LogP contribution in [0.15, 0.2) is 0 Å². The number of ether oxygens (including phenoxy) is 1. The summed E-state index contributed by atoms with van der Waals surface area (Å²) in [5, 5.41) is 3.72. The molecule has 0 aromatic rings. The first-order valence-electron chi connectivity index (χ1n) is 8.08. The summed E-state index contributed by atoms with van der Waals surface area (Å²) < 4.78 is 5.74. The van der Waals surface area contributed by atoms with E-state index in [4.69, 9.17) is 4.74 Å². The molecule has 3 unspecified atom stereocenters. The third kappa shape index (κ3) is 4.73. The Kier molecular flexibility index (Phi) is 7.33. The van der Waals surface area contributed by atoms with Crippen LogP contribution in [-0.2, 0) is 4.74 Å². The molecule has 1 N–H and O–H groups in total. The molecule has 114 valence electrons. The van der Waals surface area contributed by atoms with Crippen molar-refractivity contribution in [2.75, 3.05) is 26.3 Å². The summed E-state index contributed by atoms with van der Waals surface area (Å²) >= 11 is 0. The Hall–Kier alpha value is -0.120. The number of hydrogen-bond donors (Lipinski definition) is 1. The Morgan fingerprint density at radius 3 is 2.37 bits per heavy atom. The Morgan fingerprint density at radius 1 is 1.21 bits per heavy atom. The van der Waals surface area contributed by atoms with Gasteiger partial charge in [-0.1, -0.05) is 34.6 Å². The van der Waals surface area contributed by atoms with E-state index in [2.05, 4.69) is 51.8 Å². The van der Waals surface area contributed by atoms with Crippen molar-refractivity contribution < 1.29 is 4.74 Å². The minimum absolute atomic E-state index is 0.549. The SMILES string of the molecule is CCOCC(C(C)C)N1CC(C(C)C)NCC1CC. The smallest absolute Gasteiger partial charge is 0.0624 e. The number of nitrogens with one attached hydrogen (secondary N) is 1. The zero-order chi connectivity index (χ0) is 14.4. The molecule has 1 aliphatic heterocycles. The van der Waals surface area contributed by atoms with Crippen LogP contribution >= 0.6 is 0 Å². The normalized spacial score (nSPS) is 27.2. The Morgan fingerprint density at radius 2 is 1.89 bits per heavy atom. The predicted molar refractivity (Wildman–Crippen MR) is 82.5 cm³/mol. The van der Waals surface area contributed by atoms with Gasteiger partial charge in [-0.25, -0.2) is 0 Å². The summed E-state index contributed by atoms with van der Waals surface area (Å²) in [6, 6.07) is 1.82. The molecule has 0 aromatic heterocycles. The molecule has 19 heavy (non-hydrogen) atoms. The lowest BCUT2D eigenvalue weighted by Crippen LogP contribution is -2.62. The number of nitrogens with zero attached hydrogens (tertiary/aromatic N) is 1. The number of rotatable bonds is 7. The van der Waals surface area contributed by atoms with E-state index in [1.54, 1.807) is 0 Å². The van der Waals surface area contributed by atoms with Gasteiger partial charge in [0.05, 0.1) is 6.61 Å². The van der Waals surface area contributed by atoms with Gasteiger partial charge >= 0.3 is 0 Å². The largest absolute Gasteiger partial charge is 0.380 e. The molecular weight excluding hydrogens is 236 g/mol. The third-order valence-corrected chi connectivity index (χ3v) is 4.46. The van der Waals surface area contributed by atoms with Crippen molar-refractivity contribution in [2.45, 2.75) is 66.1 Å². The Labute approximate surface area is 120 Å². The highest BCUT2D eigenvalue weighted by atomic mass is 16.5. The van der Waals surface area contributed by atoms with Gasteiger partial charge in [0.15, 0.2) is 0 Å². The standard InChI is InChI=1S/C16H34N2O/c1-7-14-9-17-15(12(3)4)10-18(14)16(13(5)6)11-19-8-2/h12-17H,7-11H2,1-6H3. The lowest BCUT2D eigenvalue weighted by atomic mass is 9.93. The summed E-state index contributed by atoms with van der Waals surface area (Å²) in [6.45, 7) is 17.6. The van der Waals surface area contributed by atoms with E-state index in [0.717, 1.165) is 26.3 Å². The molecule has 3 atom stereocenters. The summed E-state index contributed by atoms with van der Waals surface area (Å²) in [5.74, 6) is 1.34. The molecule has 1 aliphatic rings. The van der Waals surface area contributed by atoms with Crippen LogP contribution in [0.5, 0.6) is 0 Å². The van der Waals surface area contributed by atoms with Gasteiger partial charge in [0.25, 0.3) is 0 Å². The fourth-order valence-corrected chi connectivity index (χ4v) is 2.99. The van der Waals surface area contributed by atoms with E-state index < -0.39 is 0 Å². The minimum atomic E-state index is 0.549. The molecule has 0 aliphatic carbocycles. The first kappa shape index (κ1) is 16.9. The summed E-state index contributed by atoms with van der Waals surface area (Å²) in [7, 11) is 0. The molecule has 3 heteroatoms. The molecule has 0 radical (unpaired) electrons. The molecule has 0 saturated carbocycles. The van der Waals surface area contributed by atoms with Gasteiger partial charge < -0.3 is 10.1 Å². The quantitative estimate of drug-likeness (QED) is 0.770. The average molecular weight is 270 g/mol. The maximum atomic E-state index is 5.74. The summed E-state index contributed by atoms with van der Waals surface area (Å²) in [5.41, 5.74) is 0. The van der Waals surface area contributed by atoms with E-state index in [9.17, 15) is 0 Å². The second kappa shape index (κ2) is 8.23. The molecule has 0 spiro atoms. The first-order chi connectivity index (χ1) is 9.01. The van der Waals surface area contributed by atoms with Crippen molar-refractivity contribution in [1.82, 2.24) is 10.2 Å². The maximum Gasteiger partial charge on any atom is 0.0624 e. The van der Waals surface area contributed by atoms with Crippen LogP contribution in [0.25, 0.3) is 0 Å². The van der Waals surface area contributed by atoms with Gasteiger partial charge in [-0.3, -0.25) is 4.90 Å². The summed E-state index contributed by atoms with van der Waals surface area (Å²) in [6.07, 6.45) is 1.22. The second-order valence-corrected chi connectivity index (χ2v) is 6.49. The van der Waals surface area contributed by atoms with Crippen molar-refractivity contribution in [3.05, 3.63) is 0 Å². The second-order valence-electron chi connectivity index (χ2n) is 6.49. The zero-order valence-electron chi connectivity index (χ0n) is 13.8. The molecule has 1 saturated heterocycles. The van der Waals surface area contributed by atoms with Gasteiger partial charge in [0.2, 0.25) is 0 Å². The number of piperazine rings is 1. The van der Waals surface area contributed by atoms with Crippen molar-refractivity contribution >= 4 is 0 Å². The Balaban J connectivity index is 2.75. The molecule has 1 heterocycles. The molecular formula is C16H34N2O. The van der Waals surface area contributed by atoms with Crippen molar-refractivity contribution in [3.63, 3.8) is 0 Å². The van der Waals surface area contributed by atoms with Crippen LogP contribution in [-0.4, -0.2) is 49.3 Å². The van der Waals surface area contributed by atoms with Gasteiger partial charge in [0, 0.05) is 37.8 Å². The highest BCUT2D eigenvalue weighted by Crippen LogP contribution is 2.22. The molecule has 0 aromatic carbocycles. The topological polar surface area (TPSA) is 24.5 Å². The van der Waals surface area contributed by atoms with E-state index in [0.29, 0.717) is 30.0 Å². The number of hydrogen-bond acceptors (Lipinski definition) is 3. The van der Waals surface area contributed by atoms with Crippen molar-refractivity contribution in [3.8, 4) is 0 Å². The van der Waals surface area contributed by atoms with Crippen LogP contribution in [0.1, 0.15) is 48.0 Å². The average Bonchev–Trinajstić information content (AvgIpc) is 2.38. The molecule has 0 bridgehead atoms. The van der Waals surface area contributed by atoms with Crippen molar-refractivity contribution in [2.24, 2.45) is 11.8 Å². The van der Waals surface area contributed by atoms with Gasteiger partial charge in [-0.05, 0) is 25.2 Å². The van der Waals surface area contributed by atoms with Crippen molar-refractivity contribution in [1.29, 1.82) is 0 Å². The maximum absolute atomic E-state index is 5.74. The van der Waals surface area contributed by atoms with E-state index in [-0.39, 0.29) is 0 Å². The fraction of sp³-hybridized carbons (Fsp3) is 1.00. The van der Waals surface area contributed by atoms with Gasteiger partial charge in [-0.2, -0.15) is 0 Å². The molecule has 0 amide bonds. The molecule has 3 nitrogen and oxygen atoms in total. The lowest BCUT2D eigenvalue weighted by molar-refractivity contribution is -0.00480. The van der Waals surface area contributed by atoms with E-state index in [1.165, 1.54) is 6.42 Å². The monoisotopic (exact) mass is 270 g/mol. The van der Waals surface area contributed by atoms with Crippen LogP contribution in [0, 0.1) is 11.8 Å². The third-order valence-electron chi connectivity index (χ3n) is 4.46. The zero-order valence-corrected chi connectivity index (χ0v) is 13.8. The summed E-state index contributed by atoms with van der Waals surface area (Å²) in [4.78, 5) is 2.71. The van der Waals surface area contributed by atoms with E-state index >= 15 is 0 Å². The highest BCUT2D eigenvalue weighted by Gasteiger charge is 2.34. The minimum Gasteiger partial charge on any atom is -0.380 e. The predicted octanol–water partition coefficient (Wildman–Crippen LogP) is 2.76. The van der Waals surface area contributed by atoms with Gasteiger partial charge in [-0.15, -0.1) is 0 Å². The highest BCUT2D eigenvalue weighted by molar-refractivity contribution is 4.91. The molecule has 1 rings (SSSR count).